The lowest BCUT2D eigenvalue weighted by molar-refractivity contribution is 0.843. The van der Waals surface area contributed by atoms with Gasteiger partial charge in [0.1, 0.15) is 0 Å². The zero-order chi connectivity index (χ0) is 10.8. The minimum atomic E-state index is -0.198. The van der Waals surface area contributed by atoms with Crippen LogP contribution in [0.25, 0.3) is 0 Å². The van der Waals surface area contributed by atoms with Crippen LogP contribution in [0.5, 0.6) is 0 Å². The largest absolute Gasteiger partial charge is 0.318 e. The maximum atomic E-state index is 6.09. The van der Waals surface area contributed by atoms with E-state index in [0.29, 0.717) is 5.02 Å². The Labute approximate surface area is 105 Å². The molecule has 0 amide bonds. The van der Waals surface area contributed by atoms with E-state index < -0.39 is 0 Å². The molecule has 0 aromatic carbocycles. The Balaban J connectivity index is 2.32. The fraction of sp³-hybridized carbons (Fsp3) is 0.100. The maximum Gasteiger partial charge on any atom is 0.0831 e. The van der Waals surface area contributed by atoms with Gasteiger partial charge in [-0.1, -0.05) is 11.6 Å². The first-order valence-electron chi connectivity index (χ1n) is 4.28. The van der Waals surface area contributed by atoms with Crippen LogP contribution in [-0.4, -0.2) is 4.98 Å². The number of thiophene rings is 1. The lowest BCUT2D eigenvalue weighted by Gasteiger charge is -2.09. The highest BCUT2D eigenvalue weighted by atomic mass is 79.9. The monoisotopic (exact) mass is 302 g/mol. The molecule has 2 heterocycles. The van der Waals surface area contributed by atoms with Crippen LogP contribution in [0.2, 0.25) is 5.02 Å². The zero-order valence-corrected chi connectivity index (χ0v) is 10.8. The van der Waals surface area contributed by atoms with E-state index in [1.165, 1.54) is 0 Å². The van der Waals surface area contributed by atoms with Gasteiger partial charge in [0.2, 0.25) is 0 Å². The van der Waals surface area contributed by atoms with E-state index in [4.69, 9.17) is 17.3 Å². The quantitative estimate of drug-likeness (QED) is 0.920. The third-order valence-corrected chi connectivity index (χ3v) is 4.17. The summed E-state index contributed by atoms with van der Waals surface area (Å²) in [5.41, 5.74) is 6.91. The predicted octanol–water partition coefficient (Wildman–Crippen LogP) is 3.61. The van der Waals surface area contributed by atoms with Crippen molar-refractivity contribution in [3.05, 3.63) is 49.8 Å². The lowest BCUT2D eigenvalue weighted by atomic mass is 10.2. The molecule has 0 fully saturated rings. The number of aromatic nitrogens is 1. The van der Waals surface area contributed by atoms with Gasteiger partial charge in [-0.25, -0.2) is 0 Å². The summed E-state index contributed by atoms with van der Waals surface area (Å²) in [6, 6.07) is 5.43. The van der Waals surface area contributed by atoms with Gasteiger partial charge in [0, 0.05) is 15.5 Å². The summed E-state index contributed by atoms with van der Waals surface area (Å²) in [4.78, 5) is 5.28. The van der Waals surface area contributed by atoms with Crippen LogP contribution in [0.15, 0.2) is 34.2 Å². The van der Waals surface area contributed by atoms with Crippen molar-refractivity contribution in [3.8, 4) is 0 Å². The second kappa shape index (κ2) is 4.61. The molecule has 2 nitrogen and oxygen atoms in total. The van der Waals surface area contributed by atoms with Crippen LogP contribution >= 0.6 is 38.9 Å². The van der Waals surface area contributed by atoms with E-state index in [1.807, 2.05) is 17.5 Å². The van der Waals surface area contributed by atoms with Crippen molar-refractivity contribution in [2.45, 2.75) is 6.04 Å². The highest BCUT2D eigenvalue weighted by Crippen LogP contribution is 2.30. The Morgan fingerprint density at radius 2 is 2.20 bits per heavy atom. The molecule has 0 aliphatic rings. The van der Waals surface area contributed by atoms with Gasteiger partial charge in [0.05, 0.1) is 16.8 Å². The number of halogens is 2. The smallest absolute Gasteiger partial charge is 0.0831 e. The molecule has 0 saturated heterocycles. The van der Waals surface area contributed by atoms with Crippen LogP contribution < -0.4 is 5.73 Å². The fourth-order valence-corrected chi connectivity index (χ4v) is 2.98. The maximum absolute atomic E-state index is 6.09. The first-order chi connectivity index (χ1) is 7.18. The molecule has 0 saturated carbocycles. The van der Waals surface area contributed by atoms with Crippen molar-refractivity contribution in [1.29, 1.82) is 0 Å². The molecule has 1 atom stereocenters. The highest BCUT2D eigenvalue weighted by molar-refractivity contribution is 9.10. The molecular weight excluding hydrogens is 296 g/mol. The Morgan fingerprint density at radius 3 is 2.73 bits per heavy atom. The number of pyridine rings is 1. The van der Waals surface area contributed by atoms with Crippen molar-refractivity contribution in [1.82, 2.24) is 4.98 Å². The summed E-state index contributed by atoms with van der Waals surface area (Å²) in [5.74, 6) is 0. The molecule has 2 aromatic rings. The predicted molar refractivity (Wildman–Crippen MR) is 67.3 cm³/mol. The van der Waals surface area contributed by atoms with Crippen molar-refractivity contribution >= 4 is 38.9 Å². The molecule has 0 bridgehead atoms. The Hall–Kier alpha value is -0.420. The van der Waals surface area contributed by atoms with E-state index in [9.17, 15) is 0 Å². The molecule has 15 heavy (non-hydrogen) atoms. The van der Waals surface area contributed by atoms with Gasteiger partial charge in [-0.15, -0.1) is 11.3 Å². The van der Waals surface area contributed by atoms with Crippen LogP contribution in [0.4, 0.5) is 0 Å². The van der Waals surface area contributed by atoms with Gasteiger partial charge < -0.3 is 5.73 Å². The van der Waals surface area contributed by atoms with Crippen LogP contribution in [0.1, 0.15) is 16.6 Å². The van der Waals surface area contributed by atoms with Crippen molar-refractivity contribution in [2.75, 3.05) is 0 Å². The van der Waals surface area contributed by atoms with Crippen molar-refractivity contribution < 1.29 is 0 Å². The molecule has 1 unspecified atom stereocenters. The first-order valence-corrected chi connectivity index (χ1v) is 6.33. The number of hydrogen-bond donors (Lipinski definition) is 1. The van der Waals surface area contributed by atoms with Crippen LogP contribution in [0, 0.1) is 0 Å². The third kappa shape index (κ3) is 2.39. The summed E-state index contributed by atoms with van der Waals surface area (Å²) < 4.78 is 1.02. The summed E-state index contributed by atoms with van der Waals surface area (Å²) >= 11 is 10.8. The second-order valence-electron chi connectivity index (χ2n) is 3.01. The van der Waals surface area contributed by atoms with E-state index in [2.05, 4.69) is 20.9 Å². The molecule has 2 aromatic heterocycles. The molecule has 0 aliphatic carbocycles. The van der Waals surface area contributed by atoms with Crippen LogP contribution in [-0.2, 0) is 0 Å². The minimum absolute atomic E-state index is 0.198. The summed E-state index contributed by atoms with van der Waals surface area (Å²) in [6.45, 7) is 0. The standard InChI is InChI=1S/C10H8BrClN2S/c11-7-3-4-15-10(7)9(13)8-2-1-6(12)5-14-8/h1-5,9H,13H2. The minimum Gasteiger partial charge on any atom is -0.318 e. The van der Waals surface area contributed by atoms with Gasteiger partial charge >= 0.3 is 0 Å². The van der Waals surface area contributed by atoms with Gasteiger partial charge in [0.15, 0.2) is 0 Å². The molecular formula is C10H8BrClN2S. The number of nitrogens with two attached hydrogens (primary N) is 1. The van der Waals surface area contributed by atoms with Gasteiger partial charge in [-0.3, -0.25) is 4.98 Å². The Bertz CT molecular complexity index is 455. The van der Waals surface area contributed by atoms with Crippen LogP contribution in [0.3, 0.4) is 0 Å². The van der Waals surface area contributed by atoms with E-state index in [-0.39, 0.29) is 6.04 Å². The third-order valence-electron chi connectivity index (χ3n) is 2.00. The SMILES string of the molecule is NC(c1ccc(Cl)cn1)c1sccc1Br. The van der Waals surface area contributed by atoms with Gasteiger partial charge in [0.25, 0.3) is 0 Å². The fourth-order valence-electron chi connectivity index (χ4n) is 1.23. The molecule has 78 valence electrons. The molecule has 0 radical (unpaired) electrons. The normalized spacial score (nSPS) is 12.7. The summed E-state index contributed by atoms with van der Waals surface area (Å²) in [6.07, 6.45) is 1.61. The topological polar surface area (TPSA) is 38.9 Å². The average molecular weight is 304 g/mol. The van der Waals surface area contributed by atoms with E-state index in [1.54, 1.807) is 23.6 Å². The van der Waals surface area contributed by atoms with Gasteiger partial charge in [-0.2, -0.15) is 0 Å². The molecule has 2 rings (SSSR count). The zero-order valence-electron chi connectivity index (χ0n) is 7.65. The molecule has 5 heteroatoms. The highest BCUT2D eigenvalue weighted by Gasteiger charge is 2.14. The van der Waals surface area contributed by atoms with E-state index in [0.717, 1.165) is 15.0 Å². The second-order valence-corrected chi connectivity index (χ2v) is 5.25. The Morgan fingerprint density at radius 1 is 1.40 bits per heavy atom. The van der Waals surface area contributed by atoms with Gasteiger partial charge in [-0.05, 0) is 39.5 Å². The summed E-state index contributed by atoms with van der Waals surface area (Å²) in [5, 5.41) is 2.62. The van der Waals surface area contributed by atoms with E-state index >= 15 is 0 Å². The van der Waals surface area contributed by atoms with Crippen molar-refractivity contribution in [2.24, 2.45) is 5.73 Å². The summed E-state index contributed by atoms with van der Waals surface area (Å²) in [7, 11) is 0. The Kier molecular flexibility index (Phi) is 3.41. The van der Waals surface area contributed by atoms with Crippen molar-refractivity contribution in [3.63, 3.8) is 0 Å². The number of nitrogens with zero attached hydrogens (tertiary/aromatic N) is 1. The number of hydrogen-bond acceptors (Lipinski definition) is 3. The average Bonchev–Trinajstić information content (AvgIpc) is 2.65. The lowest BCUT2D eigenvalue weighted by Crippen LogP contribution is -2.12. The molecule has 2 N–H and O–H groups in total. The first kappa shape index (κ1) is 11.1. The molecule has 0 spiro atoms. The number of rotatable bonds is 2. The molecule has 0 aliphatic heterocycles.